The second-order valence-corrected chi connectivity index (χ2v) is 2.73. The van der Waals surface area contributed by atoms with Crippen LogP contribution in [-0.4, -0.2) is 13.7 Å². The zero-order valence-corrected chi connectivity index (χ0v) is 7.56. The first-order valence-electron chi connectivity index (χ1n) is 3.94. The van der Waals surface area contributed by atoms with Gasteiger partial charge in [-0.25, -0.2) is 4.39 Å². The van der Waals surface area contributed by atoms with Crippen molar-refractivity contribution < 1.29 is 17.9 Å². The molecule has 0 saturated heterocycles. The van der Waals surface area contributed by atoms with Crippen LogP contribution in [0.15, 0.2) is 18.2 Å². The third-order valence-corrected chi connectivity index (χ3v) is 1.82. The summed E-state index contributed by atoms with van der Waals surface area (Å²) in [6.07, 6.45) is 0. The van der Waals surface area contributed by atoms with Crippen molar-refractivity contribution in [3.63, 3.8) is 0 Å². The number of nitrogens with two attached hydrogens (primary N) is 1. The second-order valence-electron chi connectivity index (χ2n) is 2.73. The zero-order valence-electron chi connectivity index (χ0n) is 7.56. The highest BCUT2D eigenvalue weighted by molar-refractivity contribution is 5.38. The summed E-state index contributed by atoms with van der Waals surface area (Å²) in [5.41, 5.74) is 4.36. The summed E-state index contributed by atoms with van der Waals surface area (Å²) in [5.74, 6) is -4.55. The molecular weight excluding hydrogens is 195 g/mol. The second kappa shape index (κ2) is 3.88. The van der Waals surface area contributed by atoms with E-state index in [1.165, 1.54) is 6.07 Å². The fraction of sp³-hybridized carbons (Fsp3) is 0.333. The van der Waals surface area contributed by atoms with E-state index in [1.807, 2.05) is 0 Å². The van der Waals surface area contributed by atoms with Crippen LogP contribution in [-0.2, 0) is 5.92 Å². The average Bonchev–Trinajstić information content (AvgIpc) is 2.17. The van der Waals surface area contributed by atoms with E-state index < -0.39 is 29.6 Å². The van der Waals surface area contributed by atoms with Gasteiger partial charge >= 0.3 is 0 Å². The number of alkyl halides is 2. The lowest BCUT2D eigenvalue weighted by atomic mass is 10.1. The van der Waals surface area contributed by atoms with Gasteiger partial charge in [-0.3, -0.25) is 0 Å². The highest BCUT2D eigenvalue weighted by Gasteiger charge is 2.34. The van der Waals surface area contributed by atoms with Crippen molar-refractivity contribution in [2.45, 2.75) is 5.92 Å². The Kier molecular flexibility index (Phi) is 3.00. The quantitative estimate of drug-likeness (QED) is 0.817. The highest BCUT2D eigenvalue weighted by atomic mass is 19.3. The van der Waals surface area contributed by atoms with Gasteiger partial charge in [-0.1, -0.05) is 6.07 Å². The van der Waals surface area contributed by atoms with Crippen LogP contribution in [0.4, 0.5) is 13.2 Å². The molecule has 0 unspecified atom stereocenters. The Bertz CT molecular complexity index is 328. The number of hydrogen-bond donors (Lipinski definition) is 1. The van der Waals surface area contributed by atoms with Crippen molar-refractivity contribution in [3.05, 3.63) is 29.6 Å². The van der Waals surface area contributed by atoms with Gasteiger partial charge in [0.1, 0.15) is 0 Å². The summed E-state index contributed by atoms with van der Waals surface area (Å²) in [5, 5.41) is 0. The first-order chi connectivity index (χ1) is 6.53. The molecule has 1 aromatic rings. The smallest absolute Gasteiger partial charge is 0.288 e. The van der Waals surface area contributed by atoms with E-state index in [2.05, 4.69) is 4.74 Å². The molecule has 0 spiro atoms. The number of halogens is 3. The molecule has 0 fully saturated rings. The normalized spacial score (nSPS) is 11.5. The van der Waals surface area contributed by atoms with Gasteiger partial charge in [0.2, 0.25) is 0 Å². The third kappa shape index (κ3) is 1.82. The molecular formula is C9H10F3NO. The molecule has 0 aliphatic heterocycles. The topological polar surface area (TPSA) is 35.2 Å². The van der Waals surface area contributed by atoms with Crippen molar-refractivity contribution in [3.8, 4) is 5.75 Å². The summed E-state index contributed by atoms with van der Waals surface area (Å²) >= 11 is 0. The summed E-state index contributed by atoms with van der Waals surface area (Å²) in [7, 11) is 1.13. The zero-order chi connectivity index (χ0) is 10.8. The molecule has 0 amide bonds. The van der Waals surface area contributed by atoms with Gasteiger partial charge in [0.05, 0.1) is 19.2 Å². The van der Waals surface area contributed by atoms with Crippen LogP contribution >= 0.6 is 0 Å². The maximum atomic E-state index is 13.1. The molecule has 1 rings (SSSR count). The average molecular weight is 205 g/mol. The Morgan fingerprint density at radius 3 is 2.57 bits per heavy atom. The largest absolute Gasteiger partial charge is 0.493 e. The fourth-order valence-electron chi connectivity index (χ4n) is 1.11. The minimum Gasteiger partial charge on any atom is -0.493 e. The number of benzene rings is 1. The first kappa shape index (κ1) is 10.8. The van der Waals surface area contributed by atoms with E-state index in [0.717, 1.165) is 19.2 Å². The maximum Gasteiger partial charge on any atom is 0.288 e. The minimum atomic E-state index is -3.27. The minimum absolute atomic E-state index is 0.456. The predicted molar refractivity (Wildman–Crippen MR) is 45.9 cm³/mol. The van der Waals surface area contributed by atoms with E-state index in [-0.39, 0.29) is 0 Å². The van der Waals surface area contributed by atoms with Gasteiger partial charge in [-0.05, 0) is 12.1 Å². The summed E-state index contributed by atoms with van der Waals surface area (Å²) in [6.45, 7) is -0.882. The Balaban J connectivity index is 3.27. The molecule has 2 nitrogen and oxygen atoms in total. The molecule has 14 heavy (non-hydrogen) atoms. The van der Waals surface area contributed by atoms with Crippen molar-refractivity contribution in [2.75, 3.05) is 13.7 Å². The maximum absolute atomic E-state index is 13.1. The lowest BCUT2D eigenvalue weighted by Gasteiger charge is -2.17. The van der Waals surface area contributed by atoms with Crippen LogP contribution in [0.2, 0.25) is 0 Å². The number of hydrogen-bond acceptors (Lipinski definition) is 2. The molecule has 1 aromatic carbocycles. The van der Waals surface area contributed by atoms with Gasteiger partial charge in [-0.15, -0.1) is 0 Å². The van der Waals surface area contributed by atoms with E-state index in [9.17, 15) is 13.2 Å². The molecule has 0 atom stereocenters. The van der Waals surface area contributed by atoms with Crippen LogP contribution in [0.5, 0.6) is 5.75 Å². The van der Waals surface area contributed by atoms with Crippen molar-refractivity contribution in [1.29, 1.82) is 0 Å². The Morgan fingerprint density at radius 2 is 2.07 bits per heavy atom. The molecule has 0 radical (unpaired) electrons. The molecule has 5 heteroatoms. The molecule has 0 aliphatic rings. The van der Waals surface area contributed by atoms with Crippen LogP contribution in [0, 0.1) is 5.82 Å². The van der Waals surface area contributed by atoms with Gasteiger partial charge in [-0.2, -0.15) is 8.78 Å². The van der Waals surface area contributed by atoms with E-state index >= 15 is 0 Å². The van der Waals surface area contributed by atoms with Crippen molar-refractivity contribution in [1.82, 2.24) is 0 Å². The van der Waals surface area contributed by atoms with E-state index in [4.69, 9.17) is 5.73 Å². The molecule has 78 valence electrons. The van der Waals surface area contributed by atoms with Gasteiger partial charge < -0.3 is 10.5 Å². The monoisotopic (exact) mass is 205 g/mol. The van der Waals surface area contributed by atoms with Crippen LogP contribution < -0.4 is 10.5 Å². The molecule has 2 N–H and O–H groups in total. The van der Waals surface area contributed by atoms with Gasteiger partial charge in [0, 0.05) is 0 Å². The lowest BCUT2D eigenvalue weighted by molar-refractivity contribution is 0.00319. The van der Waals surface area contributed by atoms with Crippen LogP contribution in [0.25, 0.3) is 0 Å². The molecule has 0 saturated carbocycles. The van der Waals surface area contributed by atoms with Gasteiger partial charge in [0.15, 0.2) is 11.6 Å². The Hall–Kier alpha value is -1.23. The Labute approximate surface area is 79.5 Å². The number of para-hydroxylation sites is 1. The van der Waals surface area contributed by atoms with Crippen LogP contribution in [0.1, 0.15) is 5.56 Å². The van der Waals surface area contributed by atoms with E-state index in [1.54, 1.807) is 0 Å². The first-order valence-corrected chi connectivity index (χ1v) is 3.94. The molecule has 0 bridgehead atoms. The van der Waals surface area contributed by atoms with Crippen LogP contribution in [0.3, 0.4) is 0 Å². The number of rotatable bonds is 3. The summed E-state index contributed by atoms with van der Waals surface area (Å²) < 4.78 is 43.9. The molecule has 0 aromatic heterocycles. The highest BCUT2D eigenvalue weighted by Crippen LogP contribution is 2.35. The van der Waals surface area contributed by atoms with Gasteiger partial charge in [0.25, 0.3) is 5.92 Å². The van der Waals surface area contributed by atoms with Crippen molar-refractivity contribution in [2.24, 2.45) is 5.73 Å². The Morgan fingerprint density at radius 1 is 1.43 bits per heavy atom. The number of methoxy groups -OCH3 is 1. The van der Waals surface area contributed by atoms with E-state index in [0.29, 0.717) is 0 Å². The molecule has 0 aliphatic carbocycles. The lowest BCUT2D eigenvalue weighted by Crippen LogP contribution is -2.25. The molecule has 0 heterocycles. The predicted octanol–water partition coefficient (Wildman–Crippen LogP) is 1.88. The summed E-state index contributed by atoms with van der Waals surface area (Å²) in [4.78, 5) is 0. The number of ether oxygens (including phenoxy) is 1. The third-order valence-electron chi connectivity index (χ3n) is 1.82. The fourth-order valence-corrected chi connectivity index (χ4v) is 1.11. The van der Waals surface area contributed by atoms with Crippen molar-refractivity contribution >= 4 is 0 Å². The SMILES string of the molecule is COc1c(F)cccc1C(F)(F)CN. The standard InChI is InChI=1S/C9H10F3NO/c1-14-8-6(9(11,12)5-13)3-2-4-7(8)10/h2-4H,5,13H2,1H3. The summed E-state index contributed by atoms with van der Waals surface area (Å²) in [6, 6.07) is 3.33.